The SMILES string of the molecule is NCc1cccc2nc(C3CC3)c(Cl)n12. The van der Waals surface area contributed by atoms with Crippen LogP contribution in [-0.4, -0.2) is 9.38 Å². The van der Waals surface area contributed by atoms with Gasteiger partial charge in [-0.2, -0.15) is 0 Å². The van der Waals surface area contributed by atoms with Crippen LogP contribution in [0.2, 0.25) is 5.15 Å². The molecule has 0 bridgehead atoms. The van der Waals surface area contributed by atoms with Crippen LogP contribution in [0.5, 0.6) is 0 Å². The fourth-order valence-corrected chi connectivity index (χ4v) is 2.31. The summed E-state index contributed by atoms with van der Waals surface area (Å²) >= 11 is 6.32. The van der Waals surface area contributed by atoms with Gasteiger partial charge in [-0.1, -0.05) is 17.7 Å². The molecule has 0 aromatic carbocycles. The molecule has 1 saturated carbocycles. The molecule has 15 heavy (non-hydrogen) atoms. The number of nitrogens with zero attached hydrogens (tertiary/aromatic N) is 2. The number of aromatic nitrogens is 2. The van der Waals surface area contributed by atoms with Gasteiger partial charge in [0.15, 0.2) is 0 Å². The molecule has 2 heterocycles. The number of pyridine rings is 1. The standard InChI is InChI=1S/C11H12ClN3/c12-11-10(7-4-5-7)14-9-3-1-2-8(6-13)15(9)11/h1-3,7H,4-6,13H2. The molecule has 0 unspecified atom stereocenters. The van der Waals surface area contributed by atoms with Crippen molar-refractivity contribution in [1.29, 1.82) is 0 Å². The fourth-order valence-electron chi connectivity index (χ4n) is 1.92. The maximum atomic E-state index is 6.32. The zero-order valence-corrected chi connectivity index (χ0v) is 9.04. The Hall–Kier alpha value is -1.06. The summed E-state index contributed by atoms with van der Waals surface area (Å²) in [4.78, 5) is 4.56. The minimum absolute atomic E-state index is 0.484. The lowest BCUT2D eigenvalue weighted by atomic mass is 10.3. The maximum absolute atomic E-state index is 6.32. The first kappa shape index (κ1) is 9.19. The van der Waals surface area contributed by atoms with Crippen LogP contribution in [-0.2, 0) is 6.54 Å². The number of fused-ring (bicyclic) bond motifs is 1. The number of hydrogen-bond donors (Lipinski definition) is 1. The normalized spacial score (nSPS) is 16.1. The Balaban J connectivity index is 2.29. The van der Waals surface area contributed by atoms with Gasteiger partial charge < -0.3 is 5.73 Å². The van der Waals surface area contributed by atoms with E-state index in [1.54, 1.807) is 0 Å². The molecule has 1 aliphatic rings. The molecule has 0 atom stereocenters. The van der Waals surface area contributed by atoms with Crippen LogP contribution in [0.25, 0.3) is 5.65 Å². The lowest BCUT2D eigenvalue weighted by molar-refractivity contribution is 0.943. The highest BCUT2D eigenvalue weighted by Crippen LogP contribution is 2.42. The Kier molecular flexibility index (Phi) is 1.97. The van der Waals surface area contributed by atoms with Crippen molar-refractivity contribution < 1.29 is 0 Å². The van der Waals surface area contributed by atoms with Crippen LogP contribution in [0, 0.1) is 0 Å². The van der Waals surface area contributed by atoms with E-state index < -0.39 is 0 Å². The van der Waals surface area contributed by atoms with E-state index in [-0.39, 0.29) is 0 Å². The van der Waals surface area contributed by atoms with Crippen molar-refractivity contribution in [1.82, 2.24) is 9.38 Å². The first-order valence-corrected chi connectivity index (χ1v) is 5.55. The largest absolute Gasteiger partial charge is 0.325 e. The lowest BCUT2D eigenvalue weighted by Crippen LogP contribution is -2.03. The molecular weight excluding hydrogens is 210 g/mol. The molecule has 0 aliphatic heterocycles. The fraction of sp³-hybridized carbons (Fsp3) is 0.364. The van der Waals surface area contributed by atoms with E-state index in [4.69, 9.17) is 17.3 Å². The van der Waals surface area contributed by atoms with Gasteiger partial charge in [0.2, 0.25) is 0 Å². The third kappa shape index (κ3) is 1.34. The Morgan fingerprint density at radius 2 is 2.27 bits per heavy atom. The molecule has 78 valence electrons. The highest BCUT2D eigenvalue weighted by Gasteiger charge is 2.29. The van der Waals surface area contributed by atoms with Crippen LogP contribution < -0.4 is 5.73 Å². The summed E-state index contributed by atoms with van der Waals surface area (Å²) in [6, 6.07) is 5.92. The maximum Gasteiger partial charge on any atom is 0.138 e. The van der Waals surface area contributed by atoms with E-state index in [2.05, 4.69) is 4.98 Å². The second-order valence-corrected chi connectivity index (χ2v) is 4.33. The summed E-state index contributed by atoms with van der Waals surface area (Å²) in [5, 5.41) is 0.744. The molecule has 0 amide bonds. The molecule has 2 aromatic rings. The Bertz CT molecular complexity index is 514. The number of hydrogen-bond acceptors (Lipinski definition) is 2. The molecule has 0 spiro atoms. The van der Waals surface area contributed by atoms with Gasteiger partial charge in [-0.3, -0.25) is 4.40 Å². The van der Waals surface area contributed by atoms with Crippen LogP contribution in [0.15, 0.2) is 18.2 Å². The van der Waals surface area contributed by atoms with Crippen LogP contribution in [0.1, 0.15) is 30.1 Å². The predicted molar refractivity (Wildman–Crippen MR) is 60.1 cm³/mol. The van der Waals surface area contributed by atoms with Gasteiger partial charge in [-0.15, -0.1) is 0 Å². The first-order chi connectivity index (χ1) is 7.31. The van der Waals surface area contributed by atoms with Crippen LogP contribution in [0.3, 0.4) is 0 Å². The molecule has 1 fully saturated rings. The Labute approximate surface area is 92.9 Å². The van der Waals surface area contributed by atoms with E-state index in [1.807, 2.05) is 22.6 Å². The zero-order chi connectivity index (χ0) is 10.4. The number of nitrogens with two attached hydrogens (primary N) is 1. The molecular formula is C11H12ClN3. The summed E-state index contributed by atoms with van der Waals surface area (Å²) in [5.74, 6) is 0.572. The average Bonchev–Trinajstić information content (AvgIpc) is 3.04. The van der Waals surface area contributed by atoms with Crippen molar-refractivity contribution in [2.45, 2.75) is 25.3 Å². The Morgan fingerprint density at radius 3 is 2.93 bits per heavy atom. The minimum atomic E-state index is 0.484. The van der Waals surface area contributed by atoms with Gasteiger partial charge in [-0.25, -0.2) is 4.98 Å². The van der Waals surface area contributed by atoms with Gasteiger partial charge in [0.1, 0.15) is 10.8 Å². The third-order valence-electron chi connectivity index (χ3n) is 2.87. The smallest absolute Gasteiger partial charge is 0.138 e. The molecule has 4 heteroatoms. The summed E-state index contributed by atoms with van der Waals surface area (Å²) in [5.41, 5.74) is 8.64. The molecule has 2 N–H and O–H groups in total. The summed E-state index contributed by atoms with van der Waals surface area (Å²) < 4.78 is 1.95. The third-order valence-corrected chi connectivity index (χ3v) is 3.23. The van der Waals surface area contributed by atoms with E-state index in [9.17, 15) is 0 Å². The molecule has 1 aliphatic carbocycles. The van der Waals surface area contributed by atoms with E-state index >= 15 is 0 Å². The van der Waals surface area contributed by atoms with Crippen molar-refractivity contribution in [3.63, 3.8) is 0 Å². The topological polar surface area (TPSA) is 43.3 Å². The van der Waals surface area contributed by atoms with E-state index in [1.165, 1.54) is 12.8 Å². The number of imidazole rings is 1. The molecule has 3 rings (SSSR count). The van der Waals surface area contributed by atoms with Crippen molar-refractivity contribution in [3.05, 3.63) is 34.7 Å². The van der Waals surface area contributed by atoms with E-state index in [0.717, 1.165) is 22.2 Å². The second kappa shape index (κ2) is 3.22. The predicted octanol–water partition coefficient (Wildman–Crippen LogP) is 2.32. The molecule has 0 radical (unpaired) electrons. The van der Waals surface area contributed by atoms with Crippen molar-refractivity contribution in [3.8, 4) is 0 Å². The highest BCUT2D eigenvalue weighted by molar-refractivity contribution is 6.30. The summed E-state index contributed by atoms with van der Waals surface area (Å²) in [6.07, 6.45) is 2.42. The van der Waals surface area contributed by atoms with Crippen molar-refractivity contribution in [2.75, 3.05) is 0 Å². The quantitative estimate of drug-likeness (QED) is 0.846. The molecule has 0 saturated heterocycles. The number of halogens is 1. The average molecular weight is 222 g/mol. The van der Waals surface area contributed by atoms with Gasteiger partial charge in [0, 0.05) is 18.2 Å². The first-order valence-electron chi connectivity index (χ1n) is 5.17. The number of rotatable bonds is 2. The van der Waals surface area contributed by atoms with Gasteiger partial charge in [-0.05, 0) is 25.0 Å². The molecule has 3 nitrogen and oxygen atoms in total. The summed E-state index contributed by atoms with van der Waals surface area (Å²) in [7, 11) is 0. The minimum Gasteiger partial charge on any atom is -0.325 e. The molecule has 2 aromatic heterocycles. The van der Waals surface area contributed by atoms with Crippen LogP contribution in [0.4, 0.5) is 0 Å². The monoisotopic (exact) mass is 221 g/mol. The highest BCUT2D eigenvalue weighted by atomic mass is 35.5. The summed E-state index contributed by atoms with van der Waals surface area (Å²) in [6.45, 7) is 0.484. The second-order valence-electron chi connectivity index (χ2n) is 3.98. The van der Waals surface area contributed by atoms with Crippen LogP contribution >= 0.6 is 11.6 Å². The van der Waals surface area contributed by atoms with Gasteiger partial charge in [0.25, 0.3) is 0 Å². The van der Waals surface area contributed by atoms with Crippen molar-refractivity contribution in [2.24, 2.45) is 5.73 Å². The van der Waals surface area contributed by atoms with Crippen molar-refractivity contribution >= 4 is 17.2 Å². The van der Waals surface area contributed by atoms with Gasteiger partial charge in [0.05, 0.1) is 5.69 Å². The zero-order valence-electron chi connectivity index (χ0n) is 8.28. The van der Waals surface area contributed by atoms with E-state index in [0.29, 0.717) is 12.5 Å². The Morgan fingerprint density at radius 1 is 1.47 bits per heavy atom. The van der Waals surface area contributed by atoms with Gasteiger partial charge >= 0.3 is 0 Å². The lowest BCUT2D eigenvalue weighted by Gasteiger charge is -2.02.